The fraction of sp³-hybridized carbons (Fsp3) is 0.167. The van der Waals surface area contributed by atoms with Crippen molar-refractivity contribution in [1.82, 2.24) is 20.0 Å². The fourth-order valence-electron chi connectivity index (χ4n) is 2.58. The minimum atomic E-state index is -3.85. The topological polar surface area (TPSA) is 141 Å². The van der Waals surface area contributed by atoms with Crippen LogP contribution >= 0.6 is 0 Å². The van der Waals surface area contributed by atoms with E-state index in [4.69, 9.17) is 0 Å². The first-order chi connectivity index (χ1) is 13.3. The van der Waals surface area contributed by atoms with Gasteiger partial charge in [-0.05, 0) is 23.8 Å². The molecule has 0 spiro atoms. The number of amides is 1. The Morgan fingerprint density at radius 2 is 1.57 bits per heavy atom. The number of rotatable bonds is 7. The minimum absolute atomic E-state index is 0.00302. The smallest absolute Gasteiger partial charge is 0.314 e. The first-order valence-electron chi connectivity index (χ1n) is 8.42. The van der Waals surface area contributed by atoms with E-state index < -0.39 is 21.1 Å². The van der Waals surface area contributed by atoms with Gasteiger partial charge in [0.2, 0.25) is 15.9 Å². The van der Waals surface area contributed by atoms with Gasteiger partial charge in [0.1, 0.15) is 0 Å². The molecular weight excluding hydrogens is 384 g/mol. The van der Waals surface area contributed by atoms with Gasteiger partial charge in [0.15, 0.2) is 0 Å². The molecule has 9 nitrogen and oxygen atoms in total. The molecule has 3 aromatic rings. The van der Waals surface area contributed by atoms with Crippen LogP contribution in [0.25, 0.3) is 11.0 Å². The predicted molar refractivity (Wildman–Crippen MR) is 104 cm³/mol. The Kier molecular flexibility index (Phi) is 5.71. The van der Waals surface area contributed by atoms with E-state index in [9.17, 15) is 22.8 Å². The molecule has 146 valence electrons. The van der Waals surface area contributed by atoms with Crippen LogP contribution in [0.3, 0.4) is 0 Å². The number of aromatic amines is 2. The molecule has 0 saturated heterocycles. The quantitative estimate of drug-likeness (QED) is 0.321. The van der Waals surface area contributed by atoms with Crippen molar-refractivity contribution in [3.63, 3.8) is 0 Å². The molecule has 28 heavy (non-hydrogen) atoms. The van der Waals surface area contributed by atoms with E-state index in [1.54, 1.807) is 0 Å². The lowest BCUT2D eigenvalue weighted by Gasteiger charge is -2.09. The van der Waals surface area contributed by atoms with E-state index in [0.717, 1.165) is 5.56 Å². The van der Waals surface area contributed by atoms with Crippen LogP contribution in [0.4, 0.5) is 0 Å². The van der Waals surface area contributed by atoms with Crippen molar-refractivity contribution in [2.75, 3.05) is 13.1 Å². The van der Waals surface area contributed by atoms with E-state index in [-0.39, 0.29) is 35.8 Å². The number of sulfonamides is 1. The highest BCUT2D eigenvalue weighted by atomic mass is 32.2. The Bertz CT molecular complexity index is 1220. The monoisotopic (exact) mass is 402 g/mol. The second-order valence-electron chi connectivity index (χ2n) is 6.03. The highest BCUT2D eigenvalue weighted by molar-refractivity contribution is 7.89. The number of carbonyl (C=O) groups is 1. The lowest BCUT2D eigenvalue weighted by molar-refractivity contribution is -0.120. The number of nitrogens with one attached hydrogen (secondary N) is 4. The van der Waals surface area contributed by atoms with E-state index in [1.165, 1.54) is 18.2 Å². The maximum absolute atomic E-state index is 12.4. The van der Waals surface area contributed by atoms with Crippen LogP contribution in [0.1, 0.15) is 5.56 Å². The predicted octanol–water partition coefficient (Wildman–Crippen LogP) is -0.146. The average molecular weight is 402 g/mol. The molecule has 10 heteroatoms. The van der Waals surface area contributed by atoms with Gasteiger partial charge in [-0.2, -0.15) is 0 Å². The molecular formula is C18H18N4O5S. The highest BCUT2D eigenvalue weighted by Gasteiger charge is 2.15. The van der Waals surface area contributed by atoms with Crippen molar-refractivity contribution >= 4 is 27.0 Å². The molecule has 0 aliphatic heterocycles. The van der Waals surface area contributed by atoms with Gasteiger partial charge in [-0.3, -0.25) is 14.4 Å². The van der Waals surface area contributed by atoms with Crippen molar-refractivity contribution in [1.29, 1.82) is 0 Å². The van der Waals surface area contributed by atoms with Crippen LogP contribution in [0.15, 0.2) is 63.0 Å². The van der Waals surface area contributed by atoms with Gasteiger partial charge in [-0.15, -0.1) is 0 Å². The van der Waals surface area contributed by atoms with E-state index >= 15 is 0 Å². The van der Waals surface area contributed by atoms with Crippen LogP contribution in [0, 0.1) is 0 Å². The number of benzene rings is 2. The third kappa shape index (κ3) is 4.72. The molecule has 3 rings (SSSR count). The Balaban J connectivity index is 1.58. The molecule has 4 N–H and O–H groups in total. The summed E-state index contributed by atoms with van der Waals surface area (Å²) < 4.78 is 27.1. The number of carbonyl (C=O) groups excluding carboxylic acids is 1. The summed E-state index contributed by atoms with van der Waals surface area (Å²) in [7, 11) is -3.85. The van der Waals surface area contributed by atoms with Gasteiger partial charge in [-0.25, -0.2) is 13.1 Å². The molecule has 1 amide bonds. The molecule has 0 fully saturated rings. The van der Waals surface area contributed by atoms with Crippen molar-refractivity contribution in [2.45, 2.75) is 11.3 Å². The summed E-state index contributed by atoms with van der Waals surface area (Å²) in [4.78, 5) is 39.2. The summed E-state index contributed by atoms with van der Waals surface area (Å²) in [6, 6.07) is 13.2. The lowest BCUT2D eigenvalue weighted by Crippen LogP contribution is -2.35. The Hall–Kier alpha value is -3.24. The summed E-state index contributed by atoms with van der Waals surface area (Å²) in [6.45, 7) is 0.131. The number of fused-ring (bicyclic) bond motifs is 1. The van der Waals surface area contributed by atoms with Crippen molar-refractivity contribution in [3.05, 3.63) is 74.8 Å². The van der Waals surface area contributed by atoms with Crippen LogP contribution in [0.2, 0.25) is 0 Å². The third-order valence-corrected chi connectivity index (χ3v) is 5.41. The summed E-state index contributed by atoms with van der Waals surface area (Å²) in [5, 5.41) is 2.65. The third-order valence-electron chi connectivity index (χ3n) is 3.95. The second kappa shape index (κ2) is 8.19. The zero-order chi connectivity index (χ0) is 20.1. The minimum Gasteiger partial charge on any atom is -0.355 e. The Morgan fingerprint density at radius 1 is 0.893 bits per heavy atom. The van der Waals surface area contributed by atoms with Gasteiger partial charge in [0.25, 0.3) is 0 Å². The number of hydrogen-bond acceptors (Lipinski definition) is 5. The number of H-pyrrole nitrogens is 2. The largest absolute Gasteiger partial charge is 0.355 e. The van der Waals surface area contributed by atoms with Crippen molar-refractivity contribution in [3.8, 4) is 0 Å². The van der Waals surface area contributed by atoms with Crippen molar-refractivity contribution < 1.29 is 13.2 Å². The molecule has 0 aliphatic rings. The second-order valence-corrected chi connectivity index (χ2v) is 7.79. The molecule has 1 heterocycles. The van der Waals surface area contributed by atoms with Crippen LogP contribution in [-0.4, -0.2) is 37.4 Å². The number of hydrogen-bond donors (Lipinski definition) is 4. The average Bonchev–Trinajstić information content (AvgIpc) is 2.66. The summed E-state index contributed by atoms with van der Waals surface area (Å²) in [5.41, 5.74) is -0.298. The van der Waals surface area contributed by atoms with Crippen LogP contribution in [-0.2, 0) is 21.2 Å². The molecule has 0 unspecified atom stereocenters. The van der Waals surface area contributed by atoms with E-state index in [2.05, 4.69) is 20.0 Å². The maximum atomic E-state index is 12.4. The molecule has 0 radical (unpaired) electrons. The SMILES string of the molecule is O=C(Cc1ccccc1)NCCNS(=O)(=O)c1ccc2[nH]c(=O)c(=O)[nH]c2c1. The molecule has 1 aromatic heterocycles. The van der Waals surface area contributed by atoms with Gasteiger partial charge in [0.05, 0.1) is 22.3 Å². The molecule has 0 saturated carbocycles. The summed E-state index contributed by atoms with van der Waals surface area (Å²) in [6.07, 6.45) is 0.212. The van der Waals surface area contributed by atoms with Gasteiger partial charge in [0, 0.05) is 13.1 Å². The molecule has 0 aliphatic carbocycles. The zero-order valence-corrected chi connectivity index (χ0v) is 15.5. The standard InChI is InChI=1S/C18H18N4O5S/c23-16(10-12-4-2-1-3-5-12)19-8-9-20-28(26,27)13-6-7-14-15(11-13)22-18(25)17(24)21-14/h1-7,11,20H,8-10H2,(H,19,23)(H,21,24)(H,22,25). The lowest BCUT2D eigenvalue weighted by atomic mass is 10.1. The van der Waals surface area contributed by atoms with E-state index in [1.807, 2.05) is 30.3 Å². The highest BCUT2D eigenvalue weighted by Crippen LogP contribution is 2.13. The Labute approximate surface area is 159 Å². The number of aromatic nitrogens is 2. The summed E-state index contributed by atoms with van der Waals surface area (Å²) in [5.74, 6) is -0.211. The normalized spacial score (nSPS) is 11.4. The summed E-state index contributed by atoms with van der Waals surface area (Å²) >= 11 is 0. The fourth-order valence-corrected chi connectivity index (χ4v) is 3.63. The zero-order valence-electron chi connectivity index (χ0n) is 14.7. The first kappa shape index (κ1) is 19.5. The maximum Gasteiger partial charge on any atom is 0.314 e. The molecule has 2 aromatic carbocycles. The van der Waals surface area contributed by atoms with E-state index in [0.29, 0.717) is 5.52 Å². The first-order valence-corrected chi connectivity index (χ1v) is 9.90. The van der Waals surface area contributed by atoms with Crippen molar-refractivity contribution in [2.24, 2.45) is 0 Å². The molecule has 0 bridgehead atoms. The van der Waals surface area contributed by atoms with Gasteiger partial charge >= 0.3 is 11.1 Å². The van der Waals surface area contributed by atoms with Crippen LogP contribution in [0.5, 0.6) is 0 Å². The Morgan fingerprint density at radius 3 is 2.29 bits per heavy atom. The molecule has 0 atom stereocenters. The van der Waals surface area contributed by atoms with Crippen LogP contribution < -0.4 is 21.2 Å². The van der Waals surface area contributed by atoms with Gasteiger partial charge in [-0.1, -0.05) is 30.3 Å². The van der Waals surface area contributed by atoms with Gasteiger partial charge < -0.3 is 15.3 Å².